The second-order valence-corrected chi connectivity index (χ2v) is 1.86. The third kappa shape index (κ3) is 8.54. The molecule has 0 spiro atoms. The van der Waals surface area contributed by atoms with Crippen molar-refractivity contribution in [1.82, 2.24) is 0 Å². The van der Waals surface area contributed by atoms with Crippen LogP contribution in [0.1, 0.15) is 26.7 Å². The van der Waals surface area contributed by atoms with Crippen molar-refractivity contribution in [3.63, 3.8) is 0 Å². The van der Waals surface area contributed by atoms with Crippen LogP contribution in [0.15, 0.2) is 0 Å². The van der Waals surface area contributed by atoms with E-state index in [9.17, 15) is 0 Å². The molecule has 0 fully saturated rings. The van der Waals surface area contributed by atoms with Crippen LogP contribution in [-0.2, 0) is 18.6 Å². The summed E-state index contributed by atoms with van der Waals surface area (Å²) in [5, 5.41) is 8.96. The molecular formula is C7H14OV. The molecule has 0 saturated heterocycles. The molecule has 0 aliphatic rings. The Kier molecular flexibility index (Phi) is 11.6. The maximum Gasteiger partial charge on any atom is 2.00 e. The Morgan fingerprint density at radius 1 is 1.56 bits per heavy atom. The zero-order valence-corrected chi connectivity index (χ0v) is 7.44. The van der Waals surface area contributed by atoms with E-state index >= 15 is 0 Å². The summed E-state index contributed by atoms with van der Waals surface area (Å²) in [6.45, 7) is 3.98. The smallest absolute Gasteiger partial charge is 0.428 e. The van der Waals surface area contributed by atoms with Gasteiger partial charge >= 0.3 is 18.6 Å². The average molecular weight is 165 g/mol. The van der Waals surface area contributed by atoms with E-state index < -0.39 is 0 Å². The number of aliphatic hydroxyl groups is 1. The van der Waals surface area contributed by atoms with Crippen molar-refractivity contribution < 1.29 is 23.7 Å². The first-order valence-corrected chi connectivity index (χ1v) is 3.10. The summed E-state index contributed by atoms with van der Waals surface area (Å²) in [5.74, 6) is 0. The minimum atomic E-state index is -0.218. The fraction of sp³-hybridized carbons (Fsp3) is 0.714. The number of hydrogen-bond donors (Lipinski definition) is 1. The van der Waals surface area contributed by atoms with Crippen molar-refractivity contribution in [2.24, 2.45) is 0 Å². The van der Waals surface area contributed by atoms with Crippen molar-refractivity contribution in [2.45, 2.75) is 32.8 Å². The van der Waals surface area contributed by atoms with Gasteiger partial charge in [-0.15, -0.1) is 0 Å². The van der Waals surface area contributed by atoms with E-state index in [0.29, 0.717) is 0 Å². The van der Waals surface area contributed by atoms with Crippen molar-refractivity contribution >= 4 is 0 Å². The van der Waals surface area contributed by atoms with Gasteiger partial charge in [0.15, 0.2) is 0 Å². The fourth-order valence-electron chi connectivity index (χ4n) is 0.610. The molecule has 0 aromatic carbocycles. The predicted molar refractivity (Wildman–Crippen MR) is 35.2 cm³/mol. The molecular weight excluding hydrogens is 151 g/mol. The molecule has 0 aromatic rings. The number of aliphatic hydroxyl groups excluding tert-OH is 1. The summed E-state index contributed by atoms with van der Waals surface area (Å²) in [6, 6.07) is 0. The Bertz CT molecular complexity index is 42.2. The monoisotopic (exact) mass is 165 g/mol. The van der Waals surface area contributed by atoms with Gasteiger partial charge < -0.3 is 17.9 Å². The van der Waals surface area contributed by atoms with E-state index in [4.69, 9.17) is 5.11 Å². The summed E-state index contributed by atoms with van der Waals surface area (Å²) in [4.78, 5) is 0. The summed E-state index contributed by atoms with van der Waals surface area (Å²) in [7, 11) is 0. The number of rotatable bonds is 4. The van der Waals surface area contributed by atoms with Crippen LogP contribution < -0.4 is 0 Å². The SMILES string of the molecule is C[CH-]CC(O)[CH-]CC.[V+2]. The first-order valence-electron chi connectivity index (χ1n) is 3.10. The summed E-state index contributed by atoms with van der Waals surface area (Å²) < 4.78 is 0. The van der Waals surface area contributed by atoms with Crippen LogP contribution in [0.5, 0.6) is 0 Å². The van der Waals surface area contributed by atoms with E-state index in [1.165, 1.54) is 0 Å². The van der Waals surface area contributed by atoms with Crippen LogP contribution in [-0.4, -0.2) is 11.2 Å². The van der Waals surface area contributed by atoms with Crippen molar-refractivity contribution in [2.75, 3.05) is 0 Å². The zero-order valence-electron chi connectivity index (χ0n) is 6.04. The minimum Gasteiger partial charge on any atom is -0.428 e. The van der Waals surface area contributed by atoms with Gasteiger partial charge in [-0.2, -0.15) is 19.8 Å². The predicted octanol–water partition coefficient (Wildman–Crippen LogP) is 1.57. The first-order chi connectivity index (χ1) is 3.81. The molecule has 1 unspecified atom stereocenters. The van der Waals surface area contributed by atoms with Crippen molar-refractivity contribution in [1.29, 1.82) is 0 Å². The van der Waals surface area contributed by atoms with Gasteiger partial charge in [0.2, 0.25) is 0 Å². The maximum absolute atomic E-state index is 8.96. The molecule has 0 amide bonds. The van der Waals surface area contributed by atoms with E-state index in [1.54, 1.807) is 0 Å². The van der Waals surface area contributed by atoms with Gasteiger partial charge in [0.25, 0.3) is 0 Å². The third-order valence-corrected chi connectivity index (χ3v) is 0.985. The maximum atomic E-state index is 8.96. The van der Waals surface area contributed by atoms with Gasteiger partial charge in [-0.3, -0.25) is 0 Å². The molecule has 0 heterocycles. The van der Waals surface area contributed by atoms with Crippen molar-refractivity contribution in [3.05, 3.63) is 12.8 Å². The van der Waals surface area contributed by atoms with Gasteiger partial charge in [-0.25, -0.2) is 0 Å². The molecule has 1 N–H and O–H groups in total. The molecule has 1 atom stereocenters. The summed E-state index contributed by atoms with van der Waals surface area (Å²) in [6.07, 6.45) is 5.39. The minimum absolute atomic E-state index is 0. The van der Waals surface area contributed by atoms with Crippen molar-refractivity contribution in [3.8, 4) is 0 Å². The zero-order chi connectivity index (χ0) is 6.41. The van der Waals surface area contributed by atoms with E-state index in [0.717, 1.165) is 12.8 Å². The first kappa shape index (κ1) is 12.2. The summed E-state index contributed by atoms with van der Waals surface area (Å²) >= 11 is 0. The Morgan fingerprint density at radius 2 is 2.11 bits per heavy atom. The molecule has 9 heavy (non-hydrogen) atoms. The van der Waals surface area contributed by atoms with Gasteiger partial charge in [0, 0.05) is 0 Å². The van der Waals surface area contributed by atoms with Crippen LogP contribution in [0.2, 0.25) is 0 Å². The van der Waals surface area contributed by atoms with Crippen LogP contribution in [0.3, 0.4) is 0 Å². The largest absolute Gasteiger partial charge is 2.00 e. The molecule has 1 nitrogen and oxygen atoms in total. The van der Waals surface area contributed by atoms with Crippen LogP contribution >= 0.6 is 0 Å². The Labute approximate surface area is 69.7 Å². The quantitative estimate of drug-likeness (QED) is 0.627. The van der Waals surface area contributed by atoms with Gasteiger partial charge in [-0.1, -0.05) is 13.0 Å². The Morgan fingerprint density at radius 3 is 2.44 bits per heavy atom. The Hall–Kier alpha value is 0.544. The molecule has 53 valence electrons. The second-order valence-electron chi connectivity index (χ2n) is 1.86. The molecule has 1 radical (unpaired) electrons. The molecule has 0 rings (SSSR count). The second kappa shape index (κ2) is 8.54. The molecule has 2 heteroatoms. The topological polar surface area (TPSA) is 20.2 Å². The summed E-state index contributed by atoms with van der Waals surface area (Å²) in [5.41, 5.74) is 0. The number of hydrogen-bond acceptors (Lipinski definition) is 1. The van der Waals surface area contributed by atoms with Gasteiger partial charge in [0.1, 0.15) is 0 Å². The van der Waals surface area contributed by atoms with Gasteiger partial charge in [0.05, 0.1) is 0 Å². The van der Waals surface area contributed by atoms with Gasteiger partial charge in [-0.05, 0) is 0 Å². The Balaban J connectivity index is 0. The average Bonchev–Trinajstić information content (AvgIpc) is 1.68. The van der Waals surface area contributed by atoms with E-state index in [-0.39, 0.29) is 24.7 Å². The standard InChI is InChI=1S/C7H14O.V/c1-3-5-7(8)6-4-2;/h3,6-8H,4-5H2,1-2H3;/q-2;+2. The van der Waals surface area contributed by atoms with Crippen LogP contribution in [0.4, 0.5) is 0 Å². The molecule has 0 aromatic heterocycles. The van der Waals surface area contributed by atoms with Crippen LogP contribution in [0.25, 0.3) is 0 Å². The molecule has 0 aliphatic heterocycles. The molecule has 0 aliphatic carbocycles. The fourth-order valence-corrected chi connectivity index (χ4v) is 0.610. The normalized spacial score (nSPS) is 12.3. The third-order valence-electron chi connectivity index (χ3n) is 0.985. The molecule has 0 bridgehead atoms. The molecule has 0 saturated carbocycles. The van der Waals surface area contributed by atoms with E-state index in [2.05, 4.69) is 0 Å². The van der Waals surface area contributed by atoms with Crippen LogP contribution in [0, 0.1) is 12.8 Å². The van der Waals surface area contributed by atoms with E-state index in [1.807, 2.05) is 26.7 Å².